The van der Waals surface area contributed by atoms with Gasteiger partial charge in [0.1, 0.15) is 16.3 Å². The summed E-state index contributed by atoms with van der Waals surface area (Å²) in [7, 11) is 1.63. The van der Waals surface area contributed by atoms with Crippen molar-refractivity contribution in [3.8, 4) is 16.3 Å². The first-order chi connectivity index (χ1) is 14.6. The number of fused-ring (bicyclic) bond motifs is 2. The Balaban J connectivity index is 1.40. The van der Waals surface area contributed by atoms with E-state index in [4.69, 9.17) is 4.74 Å². The molecule has 1 saturated heterocycles. The maximum absolute atomic E-state index is 13.4. The number of aromatic nitrogens is 1. The number of methoxy groups -OCH3 is 1. The fourth-order valence-corrected chi connectivity index (χ4v) is 5.18. The Morgan fingerprint density at radius 1 is 1.17 bits per heavy atom. The monoisotopic (exact) mass is 419 g/mol. The zero-order chi connectivity index (χ0) is 20.7. The molecule has 6 nitrogen and oxygen atoms in total. The van der Waals surface area contributed by atoms with Crippen LogP contribution in [0, 0.1) is 0 Å². The lowest BCUT2D eigenvalue weighted by molar-refractivity contribution is -0.132. The van der Waals surface area contributed by atoms with Crippen LogP contribution in [0.4, 0.5) is 4.79 Å². The van der Waals surface area contributed by atoms with Gasteiger partial charge >= 0.3 is 6.03 Å². The normalized spacial score (nSPS) is 20.4. The quantitative estimate of drug-likeness (QED) is 0.646. The number of imide groups is 1. The van der Waals surface area contributed by atoms with Gasteiger partial charge in [0.2, 0.25) is 0 Å². The number of carbonyl (C=O) groups is 2. The number of rotatable bonds is 4. The van der Waals surface area contributed by atoms with Gasteiger partial charge in [0.05, 0.1) is 19.3 Å². The van der Waals surface area contributed by atoms with E-state index < -0.39 is 5.54 Å². The Hall–Kier alpha value is -3.19. The fourth-order valence-electron chi connectivity index (χ4n) is 4.36. The van der Waals surface area contributed by atoms with E-state index in [0.717, 1.165) is 40.3 Å². The molecule has 0 radical (unpaired) electrons. The van der Waals surface area contributed by atoms with Gasteiger partial charge in [-0.3, -0.25) is 9.69 Å². The molecule has 1 aliphatic carbocycles. The second kappa shape index (κ2) is 7.25. The molecule has 2 heterocycles. The van der Waals surface area contributed by atoms with Crippen molar-refractivity contribution in [3.63, 3.8) is 0 Å². The average Bonchev–Trinajstić information content (AvgIpc) is 3.34. The van der Waals surface area contributed by atoms with E-state index in [9.17, 15) is 9.59 Å². The summed E-state index contributed by atoms with van der Waals surface area (Å²) >= 11 is 1.50. The minimum Gasteiger partial charge on any atom is -0.497 e. The molecule has 2 aromatic carbocycles. The predicted octanol–water partition coefficient (Wildman–Crippen LogP) is 4.10. The number of hydrogen-bond donors (Lipinski definition) is 1. The number of carbonyl (C=O) groups excluding carboxylic acids is 2. The van der Waals surface area contributed by atoms with Crippen molar-refractivity contribution in [2.75, 3.05) is 7.11 Å². The first-order valence-corrected chi connectivity index (χ1v) is 10.8. The van der Waals surface area contributed by atoms with Gasteiger partial charge in [0.15, 0.2) is 0 Å². The summed E-state index contributed by atoms with van der Waals surface area (Å²) in [6.45, 7) is 0.168. The van der Waals surface area contributed by atoms with E-state index in [1.54, 1.807) is 7.11 Å². The number of benzene rings is 2. The SMILES string of the molecule is COc1ccc(-c2nc(CN3C(=O)N[C@]4(CCCc5ccccc54)C3=O)cs2)cc1. The maximum atomic E-state index is 13.4. The van der Waals surface area contributed by atoms with Crippen molar-refractivity contribution in [1.82, 2.24) is 15.2 Å². The van der Waals surface area contributed by atoms with Gasteiger partial charge in [-0.05, 0) is 54.7 Å². The summed E-state index contributed by atoms with van der Waals surface area (Å²) in [5.74, 6) is 0.603. The van der Waals surface area contributed by atoms with Gasteiger partial charge in [0.25, 0.3) is 5.91 Å². The Morgan fingerprint density at radius 3 is 2.77 bits per heavy atom. The largest absolute Gasteiger partial charge is 0.497 e. The second-order valence-corrected chi connectivity index (χ2v) is 8.47. The van der Waals surface area contributed by atoms with Gasteiger partial charge < -0.3 is 10.1 Å². The van der Waals surface area contributed by atoms with Crippen molar-refractivity contribution in [2.45, 2.75) is 31.3 Å². The number of ether oxygens (including phenoxy) is 1. The molecule has 0 unspecified atom stereocenters. The van der Waals surface area contributed by atoms with E-state index in [1.807, 2.05) is 53.9 Å². The van der Waals surface area contributed by atoms with Crippen molar-refractivity contribution in [1.29, 1.82) is 0 Å². The highest BCUT2D eigenvalue weighted by atomic mass is 32.1. The Kier molecular flexibility index (Phi) is 4.55. The third-order valence-electron chi connectivity index (χ3n) is 5.86. The third kappa shape index (κ3) is 2.97. The minimum absolute atomic E-state index is 0.168. The summed E-state index contributed by atoms with van der Waals surface area (Å²) < 4.78 is 5.20. The van der Waals surface area contributed by atoms with Gasteiger partial charge in [-0.25, -0.2) is 9.78 Å². The van der Waals surface area contributed by atoms with Crippen molar-refractivity contribution in [3.05, 3.63) is 70.7 Å². The predicted molar refractivity (Wildman–Crippen MR) is 114 cm³/mol. The van der Waals surface area contributed by atoms with Crippen LogP contribution in [0.1, 0.15) is 29.7 Å². The Labute approximate surface area is 178 Å². The molecule has 7 heteroatoms. The molecule has 1 spiro atoms. The Morgan fingerprint density at radius 2 is 1.97 bits per heavy atom. The number of hydrogen-bond acceptors (Lipinski definition) is 5. The zero-order valence-corrected chi connectivity index (χ0v) is 17.4. The fraction of sp³-hybridized carbons (Fsp3) is 0.261. The molecule has 1 aliphatic heterocycles. The highest BCUT2D eigenvalue weighted by Gasteiger charge is 2.53. The molecule has 1 fully saturated rings. The molecule has 1 N–H and O–H groups in total. The molecule has 3 aromatic rings. The summed E-state index contributed by atoms with van der Waals surface area (Å²) in [5, 5.41) is 5.74. The summed E-state index contributed by atoms with van der Waals surface area (Å²) in [6, 6.07) is 15.2. The number of thiazole rings is 1. The van der Waals surface area contributed by atoms with Gasteiger partial charge in [-0.2, -0.15) is 0 Å². The van der Waals surface area contributed by atoms with Crippen LogP contribution < -0.4 is 10.1 Å². The highest BCUT2D eigenvalue weighted by Crippen LogP contribution is 2.40. The number of urea groups is 1. The summed E-state index contributed by atoms with van der Waals surface area (Å²) in [4.78, 5) is 32.1. The summed E-state index contributed by atoms with van der Waals surface area (Å²) in [6.07, 6.45) is 2.42. The van der Waals surface area contributed by atoms with Crippen molar-refractivity contribution < 1.29 is 14.3 Å². The molecule has 3 amide bonds. The molecule has 1 atom stereocenters. The molecular weight excluding hydrogens is 398 g/mol. The average molecular weight is 420 g/mol. The first-order valence-electron chi connectivity index (χ1n) is 9.92. The first kappa shape index (κ1) is 18.8. The van der Waals surface area contributed by atoms with Crippen LogP contribution in [-0.4, -0.2) is 28.9 Å². The van der Waals surface area contributed by atoms with E-state index >= 15 is 0 Å². The molecule has 1 aromatic heterocycles. The lowest BCUT2D eigenvalue weighted by Gasteiger charge is -2.33. The number of aryl methyl sites for hydroxylation is 1. The van der Waals surface area contributed by atoms with Crippen LogP contribution >= 0.6 is 11.3 Å². The lowest BCUT2D eigenvalue weighted by Crippen LogP contribution is -2.46. The van der Waals surface area contributed by atoms with Gasteiger partial charge in [-0.15, -0.1) is 11.3 Å². The van der Waals surface area contributed by atoms with Crippen LogP contribution in [0.15, 0.2) is 53.9 Å². The molecule has 152 valence electrons. The highest BCUT2D eigenvalue weighted by molar-refractivity contribution is 7.13. The zero-order valence-electron chi connectivity index (χ0n) is 16.6. The molecule has 0 saturated carbocycles. The van der Waals surface area contributed by atoms with Crippen molar-refractivity contribution in [2.24, 2.45) is 0 Å². The van der Waals surface area contributed by atoms with E-state index in [-0.39, 0.29) is 18.5 Å². The van der Waals surface area contributed by atoms with Gasteiger partial charge in [0, 0.05) is 10.9 Å². The van der Waals surface area contributed by atoms with Crippen LogP contribution in [0.5, 0.6) is 5.75 Å². The molecule has 0 bridgehead atoms. The number of amides is 3. The lowest BCUT2D eigenvalue weighted by atomic mass is 9.76. The number of nitrogens with one attached hydrogen (secondary N) is 1. The topological polar surface area (TPSA) is 71.5 Å². The second-order valence-electron chi connectivity index (χ2n) is 7.61. The van der Waals surface area contributed by atoms with Crippen molar-refractivity contribution >= 4 is 23.3 Å². The Bertz CT molecular complexity index is 1120. The molecular formula is C23H21N3O3S. The van der Waals surface area contributed by atoms with Crippen LogP contribution in [0.3, 0.4) is 0 Å². The van der Waals surface area contributed by atoms with Gasteiger partial charge in [-0.1, -0.05) is 24.3 Å². The smallest absolute Gasteiger partial charge is 0.325 e. The van der Waals surface area contributed by atoms with E-state index in [0.29, 0.717) is 12.1 Å². The third-order valence-corrected chi connectivity index (χ3v) is 6.80. The molecule has 5 rings (SSSR count). The summed E-state index contributed by atoms with van der Waals surface area (Å²) in [5.41, 5.74) is 2.79. The maximum Gasteiger partial charge on any atom is 0.325 e. The van der Waals surface area contributed by atoms with Crippen LogP contribution in [-0.2, 0) is 23.3 Å². The molecule has 2 aliphatic rings. The van der Waals surface area contributed by atoms with Crippen LogP contribution in [0.2, 0.25) is 0 Å². The van der Waals surface area contributed by atoms with E-state index in [1.165, 1.54) is 16.2 Å². The minimum atomic E-state index is -0.944. The van der Waals surface area contributed by atoms with Crippen LogP contribution in [0.25, 0.3) is 10.6 Å². The number of nitrogens with zero attached hydrogens (tertiary/aromatic N) is 2. The molecule has 30 heavy (non-hydrogen) atoms. The standard InChI is InChI=1S/C23H21N3O3S/c1-29-18-10-8-16(9-11-18)20-24-17(14-30-20)13-26-21(27)23(25-22(26)28)12-4-6-15-5-2-3-7-19(15)23/h2-3,5,7-11,14H,4,6,12-13H2,1H3,(H,25,28)/t23-/m0/s1. The van der Waals surface area contributed by atoms with E-state index in [2.05, 4.69) is 10.3 Å².